The fraction of sp³-hybridized carbons (Fsp3) is 0.600. The van der Waals surface area contributed by atoms with E-state index in [1.807, 2.05) is 0 Å². The summed E-state index contributed by atoms with van der Waals surface area (Å²) in [7, 11) is 0. The third-order valence-electron chi connectivity index (χ3n) is 4.14. The van der Waals surface area contributed by atoms with Crippen molar-refractivity contribution in [2.24, 2.45) is 11.8 Å². The summed E-state index contributed by atoms with van der Waals surface area (Å²) in [6.07, 6.45) is 4.58. The van der Waals surface area contributed by atoms with E-state index in [0.29, 0.717) is 17.9 Å². The fourth-order valence-corrected chi connectivity index (χ4v) is 3.33. The van der Waals surface area contributed by atoms with Gasteiger partial charge in [-0.15, -0.1) is 0 Å². The monoisotopic (exact) mass is 314 g/mol. The number of benzene rings is 1. The first-order valence-electron chi connectivity index (χ1n) is 6.72. The van der Waals surface area contributed by atoms with Crippen LogP contribution >= 0.6 is 15.9 Å². The van der Waals surface area contributed by atoms with Gasteiger partial charge in [0.05, 0.1) is 6.10 Å². The lowest BCUT2D eigenvalue weighted by atomic mass is 9.93. The summed E-state index contributed by atoms with van der Waals surface area (Å²) in [4.78, 5) is 0. The van der Waals surface area contributed by atoms with Gasteiger partial charge in [-0.1, -0.05) is 35.7 Å². The highest BCUT2D eigenvalue weighted by atomic mass is 79.9. The molecule has 1 aliphatic carbocycles. The summed E-state index contributed by atoms with van der Waals surface area (Å²) in [6, 6.07) is 4.91. The standard InChI is InChI=1S/C15H20BrFO/c1-2-10-3-4-11(7-10)15(18)9-12-8-13(16)5-6-14(12)17/h5-6,8,10-11,15,18H,2-4,7,9H2,1H3. The number of hydrogen-bond donors (Lipinski definition) is 1. The Kier molecular flexibility index (Phi) is 4.79. The first kappa shape index (κ1) is 14.0. The molecule has 100 valence electrons. The van der Waals surface area contributed by atoms with Crippen molar-refractivity contribution in [3.8, 4) is 0 Å². The molecule has 0 saturated heterocycles. The minimum atomic E-state index is -0.412. The van der Waals surface area contributed by atoms with Crippen LogP contribution in [-0.2, 0) is 6.42 Å². The first-order chi connectivity index (χ1) is 8.60. The van der Waals surface area contributed by atoms with Crippen LogP contribution in [0, 0.1) is 17.7 Å². The molecule has 1 N–H and O–H groups in total. The molecule has 1 saturated carbocycles. The van der Waals surface area contributed by atoms with Crippen LogP contribution < -0.4 is 0 Å². The maximum Gasteiger partial charge on any atom is 0.126 e. The molecule has 0 radical (unpaired) electrons. The molecule has 3 heteroatoms. The third kappa shape index (κ3) is 3.33. The normalized spacial score (nSPS) is 25.3. The largest absolute Gasteiger partial charge is 0.392 e. The highest BCUT2D eigenvalue weighted by Gasteiger charge is 2.29. The molecule has 0 amide bonds. The molecule has 1 aromatic rings. The average molecular weight is 315 g/mol. The Balaban J connectivity index is 1.98. The van der Waals surface area contributed by atoms with E-state index < -0.39 is 6.10 Å². The maximum absolute atomic E-state index is 13.6. The molecule has 1 aromatic carbocycles. The zero-order valence-electron chi connectivity index (χ0n) is 10.7. The lowest BCUT2D eigenvalue weighted by molar-refractivity contribution is 0.107. The molecule has 0 aliphatic heterocycles. The van der Waals surface area contributed by atoms with Crippen molar-refractivity contribution >= 4 is 15.9 Å². The van der Waals surface area contributed by atoms with Gasteiger partial charge in [0.2, 0.25) is 0 Å². The Hall–Kier alpha value is -0.410. The lowest BCUT2D eigenvalue weighted by Crippen LogP contribution is -2.21. The van der Waals surface area contributed by atoms with Gasteiger partial charge in [-0.2, -0.15) is 0 Å². The lowest BCUT2D eigenvalue weighted by Gasteiger charge is -2.18. The predicted molar refractivity (Wildman–Crippen MR) is 74.9 cm³/mol. The summed E-state index contributed by atoms with van der Waals surface area (Å²) < 4.78 is 14.5. The van der Waals surface area contributed by atoms with Gasteiger partial charge >= 0.3 is 0 Å². The molecular formula is C15H20BrFO. The fourth-order valence-electron chi connectivity index (χ4n) is 2.93. The van der Waals surface area contributed by atoms with E-state index >= 15 is 0 Å². The van der Waals surface area contributed by atoms with Crippen LogP contribution in [0.5, 0.6) is 0 Å². The van der Waals surface area contributed by atoms with Crippen molar-refractivity contribution in [3.05, 3.63) is 34.1 Å². The number of rotatable bonds is 4. The molecule has 3 unspecified atom stereocenters. The van der Waals surface area contributed by atoms with Gasteiger partial charge in [-0.3, -0.25) is 0 Å². The Morgan fingerprint density at radius 2 is 2.22 bits per heavy atom. The smallest absolute Gasteiger partial charge is 0.126 e. The molecule has 1 aliphatic rings. The van der Waals surface area contributed by atoms with Crippen LogP contribution in [-0.4, -0.2) is 11.2 Å². The number of halogens is 2. The van der Waals surface area contributed by atoms with Crippen molar-refractivity contribution in [1.29, 1.82) is 0 Å². The zero-order valence-corrected chi connectivity index (χ0v) is 12.3. The SMILES string of the molecule is CCC1CCC(C(O)Cc2cc(Br)ccc2F)C1. The van der Waals surface area contributed by atoms with Crippen molar-refractivity contribution in [1.82, 2.24) is 0 Å². The molecule has 1 nitrogen and oxygen atoms in total. The van der Waals surface area contributed by atoms with Crippen molar-refractivity contribution in [3.63, 3.8) is 0 Å². The molecule has 0 spiro atoms. The summed E-state index contributed by atoms with van der Waals surface area (Å²) in [5.41, 5.74) is 0.608. The van der Waals surface area contributed by atoms with Crippen LogP contribution in [0.15, 0.2) is 22.7 Å². The van der Waals surface area contributed by atoms with E-state index in [4.69, 9.17) is 0 Å². The van der Waals surface area contributed by atoms with E-state index in [-0.39, 0.29) is 5.82 Å². The summed E-state index contributed by atoms with van der Waals surface area (Å²) in [5, 5.41) is 10.2. The molecule has 0 bridgehead atoms. The van der Waals surface area contributed by atoms with Gasteiger partial charge in [0.25, 0.3) is 0 Å². The molecule has 2 rings (SSSR count). The molecule has 0 aromatic heterocycles. The van der Waals surface area contributed by atoms with E-state index in [1.54, 1.807) is 12.1 Å². The molecule has 3 atom stereocenters. The van der Waals surface area contributed by atoms with E-state index in [1.165, 1.54) is 18.9 Å². The second-order valence-corrected chi connectivity index (χ2v) is 6.27. The quantitative estimate of drug-likeness (QED) is 0.877. The molecule has 18 heavy (non-hydrogen) atoms. The highest BCUT2D eigenvalue weighted by Crippen LogP contribution is 2.36. The number of aliphatic hydroxyl groups excluding tert-OH is 1. The Labute approximate surface area is 117 Å². The van der Waals surface area contributed by atoms with Gasteiger partial charge in [0, 0.05) is 10.9 Å². The van der Waals surface area contributed by atoms with Crippen LogP contribution in [0.2, 0.25) is 0 Å². The molecule has 0 heterocycles. The molecular weight excluding hydrogens is 295 g/mol. The summed E-state index contributed by atoms with van der Waals surface area (Å²) >= 11 is 3.34. The van der Waals surface area contributed by atoms with Gasteiger partial charge in [-0.25, -0.2) is 4.39 Å². The van der Waals surface area contributed by atoms with E-state index in [2.05, 4.69) is 22.9 Å². The Bertz CT molecular complexity index is 407. The highest BCUT2D eigenvalue weighted by molar-refractivity contribution is 9.10. The first-order valence-corrected chi connectivity index (χ1v) is 7.51. The summed E-state index contributed by atoms with van der Waals surface area (Å²) in [6.45, 7) is 2.20. The number of aliphatic hydroxyl groups is 1. The summed E-state index contributed by atoms with van der Waals surface area (Å²) in [5.74, 6) is 0.868. The van der Waals surface area contributed by atoms with Crippen molar-refractivity contribution in [2.75, 3.05) is 0 Å². The van der Waals surface area contributed by atoms with E-state index in [9.17, 15) is 9.50 Å². The number of hydrogen-bond acceptors (Lipinski definition) is 1. The van der Waals surface area contributed by atoms with Gasteiger partial charge < -0.3 is 5.11 Å². The second kappa shape index (κ2) is 6.16. The van der Waals surface area contributed by atoms with Crippen molar-refractivity contribution < 1.29 is 9.50 Å². The van der Waals surface area contributed by atoms with Crippen molar-refractivity contribution in [2.45, 2.75) is 45.1 Å². The van der Waals surface area contributed by atoms with E-state index in [0.717, 1.165) is 23.2 Å². The predicted octanol–water partition coefficient (Wildman–Crippen LogP) is 4.32. The zero-order chi connectivity index (χ0) is 13.1. The van der Waals surface area contributed by atoms with Gasteiger partial charge in [0.15, 0.2) is 0 Å². The van der Waals surface area contributed by atoms with Crippen LogP contribution in [0.4, 0.5) is 4.39 Å². The van der Waals surface area contributed by atoms with Crippen LogP contribution in [0.25, 0.3) is 0 Å². The Morgan fingerprint density at radius 1 is 1.44 bits per heavy atom. The third-order valence-corrected chi connectivity index (χ3v) is 4.63. The molecule has 1 fully saturated rings. The van der Waals surface area contributed by atoms with Crippen LogP contribution in [0.1, 0.15) is 38.2 Å². The maximum atomic E-state index is 13.6. The second-order valence-electron chi connectivity index (χ2n) is 5.35. The topological polar surface area (TPSA) is 20.2 Å². The minimum absolute atomic E-state index is 0.220. The van der Waals surface area contributed by atoms with Crippen LogP contribution in [0.3, 0.4) is 0 Å². The Morgan fingerprint density at radius 3 is 2.89 bits per heavy atom. The van der Waals surface area contributed by atoms with Gasteiger partial charge in [-0.05, 0) is 48.4 Å². The average Bonchev–Trinajstić information content (AvgIpc) is 2.82. The minimum Gasteiger partial charge on any atom is -0.392 e. The van der Waals surface area contributed by atoms with Gasteiger partial charge in [0.1, 0.15) is 5.82 Å².